The molecular weight excluding hydrogens is 188 g/mol. The van der Waals surface area contributed by atoms with Crippen LogP contribution in [0.4, 0.5) is 0 Å². The molecule has 0 saturated heterocycles. The fourth-order valence-corrected chi connectivity index (χ4v) is 2.37. The molecule has 15 heavy (non-hydrogen) atoms. The molecule has 2 nitrogen and oxygen atoms in total. The van der Waals surface area contributed by atoms with Crippen molar-refractivity contribution in [1.82, 2.24) is 0 Å². The van der Waals surface area contributed by atoms with Gasteiger partial charge < -0.3 is 4.74 Å². The van der Waals surface area contributed by atoms with Gasteiger partial charge in [0.2, 0.25) is 0 Å². The monoisotopic (exact) mass is 210 g/mol. The maximum Gasteiger partial charge on any atom is 0.330 e. The highest BCUT2D eigenvalue weighted by atomic mass is 16.6. The molecule has 0 N–H and O–H groups in total. The second-order valence-corrected chi connectivity index (χ2v) is 4.76. The topological polar surface area (TPSA) is 26.3 Å². The first kappa shape index (κ1) is 12.3. The summed E-state index contributed by atoms with van der Waals surface area (Å²) in [6.45, 7) is 7.75. The first-order valence-electron chi connectivity index (χ1n) is 5.96. The van der Waals surface area contributed by atoms with Gasteiger partial charge in [0.15, 0.2) is 0 Å². The molecule has 0 aliphatic heterocycles. The van der Waals surface area contributed by atoms with Gasteiger partial charge in [0.05, 0.1) is 0 Å². The molecule has 0 amide bonds. The van der Waals surface area contributed by atoms with E-state index < -0.39 is 0 Å². The Morgan fingerprint density at radius 1 is 1.27 bits per heavy atom. The molecule has 0 spiro atoms. The van der Waals surface area contributed by atoms with Gasteiger partial charge in [0.25, 0.3) is 0 Å². The third-order valence-corrected chi connectivity index (χ3v) is 3.47. The number of hydrogen-bond donors (Lipinski definition) is 0. The summed E-state index contributed by atoms with van der Waals surface area (Å²) in [7, 11) is 0. The summed E-state index contributed by atoms with van der Waals surface area (Å²) >= 11 is 0. The lowest BCUT2D eigenvalue weighted by atomic mass is 9.83. The number of hydrogen-bond acceptors (Lipinski definition) is 2. The van der Waals surface area contributed by atoms with Gasteiger partial charge in [-0.25, -0.2) is 4.79 Å². The van der Waals surface area contributed by atoms with Crippen LogP contribution in [0.1, 0.15) is 52.4 Å². The van der Waals surface area contributed by atoms with Crippen molar-refractivity contribution in [3.8, 4) is 0 Å². The van der Waals surface area contributed by atoms with E-state index in [0.29, 0.717) is 5.92 Å². The largest absolute Gasteiger partial charge is 0.456 e. The molecule has 2 heteroatoms. The molecule has 0 heterocycles. The molecule has 1 aliphatic carbocycles. The third kappa shape index (κ3) is 3.08. The Morgan fingerprint density at radius 2 is 1.80 bits per heavy atom. The van der Waals surface area contributed by atoms with Crippen molar-refractivity contribution in [2.45, 2.75) is 58.0 Å². The smallest absolute Gasteiger partial charge is 0.330 e. The van der Waals surface area contributed by atoms with Crippen LogP contribution in [0.15, 0.2) is 12.7 Å². The molecule has 0 bridgehead atoms. The third-order valence-electron chi connectivity index (χ3n) is 3.47. The lowest BCUT2D eigenvalue weighted by Gasteiger charge is -2.36. The van der Waals surface area contributed by atoms with Crippen molar-refractivity contribution < 1.29 is 9.53 Å². The number of carbonyl (C=O) groups excluding carboxylic acids is 1. The molecule has 0 aromatic carbocycles. The summed E-state index contributed by atoms with van der Waals surface area (Å²) in [5, 5.41) is 0. The van der Waals surface area contributed by atoms with E-state index in [1.807, 2.05) is 0 Å². The van der Waals surface area contributed by atoms with E-state index in [9.17, 15) is 4.79 Å². The van der Waals surface area contributed by atoms with Crippen LogP contribution in [-0.2, 0) is 9.53 Å². The van der Waals surface area contributed by atoms with Gasteiger partial charge in [0.1, 0.15) is 5.60 Å². The molecule has 1 rings (SSSR count). The van der Waals surface area contributed by atoms with E-state index in [1.54, 1.807) is 0 Å². The minimum absolute atomic E-state index is 0.234. The molecule has 0 unspecified atom stereocenters. The quantitative estimate of drug-likeness (QED) is 0.405. The van der Waals surface area contributed by atoms with Crippen molar-refractivity contribution in [3.05, 3.63) is 12.7 Å². The Labute approximate surface area is 92.7 Å². The normalized spacial score (nSPS) is 20.7. The molecule has 0 aromatic heterocycles. The molecule has 1 saturated carbocycles. The number of rotatable bonds is 3. The van der Waals surface area contributed by atoms with Crippen molar-refractivity contribution in [2.75, 3.05) is 0 Å². The molecule has 0 radical (unpaired) electrons. The highest BCUT2D eigenvalue weighted by Crippen LogP contribution is 2.36. The Bertz CT molecular complexity index is 223. The lowest BCUT2D eigenvalue weighted by Crippen LogP contribution is -2.39. The summed E-state index contributed by atoms with van der Waals surface area (Å²) in [5.74, 6) is 0.116. The predicted octanol–water partition coefficient (Wildman–Crippen LogP) is 3.46. The van der Waals surface area contributed by atoms with Gasteiger partial charge >= 0.3 is 5.97 Å². The number of esters is 1. The average Bonchev–Trinajstić information content (AvgIpc) is 2.44. The Morgan fingerprint density at radius 3 is 2.20 bits per heavy atom. The van der Waals surface area contributed by atoms with E-state index in [0.717, 1.165) is 12.8 Å². The van der Waals surface area contributed by atoms with E-state index in [4.69, 9.17) is 4.74 Å². The van der Waals surface area contributed by atoms with Gasteiger partial charge in [-0.05, 0) is 31.6 Å². The molecule has 0 atom stereocenters. The zero-order valence-corrected chi connectivity index (χ0v) is 9.92. The predicted molar refractivity (Wildman–Crippen MR) is 61.6 cm³/mol. The van der Waals surface area contributed by atoms with Gasteiger partial charge in [-0.2, -0.15) is 0 Å². The van der Waals surface area contributed by atoms with Gasteiger partial charge in [-0.15, -0.1) is 0 Å². The maximum atomic E-state index is 11.4. The van der Waals surface area contributed by atoms with E-state index in [2.05, 4.69) is 20.4 Å². The van der Waals surface area contributed by atoms with Crippen LogP contribution in [0.3, 0.4) is 0 Å². The summed E-state index contributed by atoms with van der Waals surface area (Å²) < 4.78 is 5.61. The molecule has 86 valence electrons. The zero-order chi connectivity index (χ0) is 11.3. The average molecular weight is 210 g/mol. The van der Waals surface area contributed by atoms with Crippen LogP contribution in [0.25, 0.3) is 0 Å². The van der Waals surface area contributed by atoms with E-state index >= 15 is 0 Å². The second kappa shape index (κ2) is 5.34. The molecule has 1 aliphatic rings. The van der Waals surface area contributed by atoms with Crippen LogP contribution in [0.2, 0.25) is 0 Å². The van der Waals surface area contributed by atoms with Crippen LogP contribution >= 0.6 is 0 Å². The molecular formula is C13H22O2. The molecule has 1 fully saturated rings. The standard InChI is InChI=1S/C13H22O2/c1-4-12(14)15-13(11(2)3)9-7-5-6-8-10-13/h4,11H,1,5-10H2,2-3H3. The summed E-state index contributed by atoms with van der Waals surface area (Å²) in [6.07, 6.45) is 8.15. The van der Waals surface area contributed by atoms with Crippen LogP contribution in [-0.4, -0.2) is 11.6 Å². The van der Waals surface area contributed by atoms with Crippen molar-refractivity contribution in [2.24, 2.45) is 5.92 Å². The minimum atomic E-state index is -0.273. The number of carbonyl (C=O) groups is 1. The van der Waals surface area contributed by atoms with Gasteiger partial charge in [-0.1, -0.05) is 33.3 Å². The lowest BCUT2D eigenvalue weighted by molar-refractivity contribution is -0.160. The fourth-order valence-electron chi connectivity index (χ4n) is 2.37. The summed E-state index contributed by atoms with van der Waals surface area (Å²) in [5.41, 5.74) is -0.234. The molecule has 0 aromatic rings. The Hall–Kier alpha value is -0.790. The fraction of sp³-hybridized carbons (Fsp3) is 0.769. The van der Waals surface area contributed by atoms with E-state index in [-0.39, 0.29) is 11.6 Å². The van der Waals surface area contributed by atoms with Gasteiger partial charge in [-0.3, -0.25) is 0 Å². The second-order valence-electron chi connectivity index (χ2n) is 4.76. The highest BCUT2D eigenvalue weighted by Gasteiger charge is 2.37. The van der Waals surface area contributed by atoms with Crippen molar-refractivity contribution in [3.63, 3.8) is 0 Å². The summed E-state index contributed by atoms with van der Waals surface area (Å²) in [6, 6.07) is 0. The zero-order valence-electron chi connectivity index (χ0n) is 9.92. The SMILES string of the molecule is C=CC(=O)OC1(C(C)C)CCCCCC1. The van der Waals surface area contributed by atoms with Crippen LogP contribution < -0.4 is 0 Å². The first-order valence-corrected chi connectivity index (χ1v) is 5.96. The van der Waals surface area contributed by atoms with Gasteiger partial charge in [0, 0.05) is 6.08 Å². The van der Waals surface area contributed by atoms with Crippen LogP contribution in [0.5, 0.6) is 0 Å². The first-order chi connectivity index (χ1) is 7.10. The Kier molecular flexibility index (Phi) is 4.37. The van der Waals surface area contributed by atoms with Crippen molar-refractivity contribution in [1.29, 1.82) is 0 Å². The maximum absolute atomic E-state index is 11.4. The number of ether oxygens (including phenoxy) is 1. The minimum Gasteiger partial charge on any atom is -0.456 e. The highest BCUT2D eigenvalue weighted by molar-refractivity contribution is 5.81. The van der Waals surface area contributed by atoms with Crippen molar-refractivity contribution >= 4 is 5.97 Å². The Balaban J connectivity index is 2.75. The summed E-state index contributed by atoms with van der Waals surface area (Å²) in [4.78, 5) is 11.4. The van der Waals surface area contributed by atoms with Crippen LogP contribution in [0, 0.1) is 5.92 Å². The van der Waals surface area contributed by atoms with E-state index in [1.165, 1.54) is 31.8 Å².